The molecule has 3 heterocycles. The number of fused-ring (bicyclic) bond motifs is 4. The summed E-state index contributed by atoms with van der Waals surface area (Å²) in [5.41, 5.74) is 3.20. The van der Waals surface area contributed by atoms with Crippen molar-refractivity contribution in [1.29, 1.82) is 0 Å². The van der Waals surface area contributed by atoms with Gasteiger partial charge in [-0.2, -0.15) is 0 Å². The Kier molecular flexibility index (Phi) is 2.66. The molecule has 0 amide bonds. The van der Waals surface area contributed by atoms with Gasteiger partial charge in [0.15, 0.2) is 0 Å². The number of hydrogen-bond donors (Lipinski definition) is 1. The molecule has 2 saturated heterocycles. The summed E-state index contributed by atoms with van der Waals surface area (Å²) in [6.45, 7) is 3.82. The first-order valence-corrected chi connectivity index (χ1v) is 7.47. The molecule has 2 fully saturated rings. The third-order valence-electron chi connectivity index (χ3n) is 5.20. The van der Waals surface area contributed by atoms with Gasteiger partial charge in [-0.25, -0.2) is 0 Å². The van der Waals surface area contributed by atoms with E-state index in [0.717, 1.165) is 12.0 Å². The van der Waals surface area contributed by atoms with E-state index in [-0.39, 0.29) is 0 Å². The fraction of sp³-hybridized carbons (Fsp3) is 0.625. The lowest BCUT2D eigenvalue weighted by Crippen LogP contribution is -2.54. The lowest BCUT2D eigenvalue weighted by atomic mass is 9.77. The molecular formula is C16H22N2. The first-order chi connectivity index (χ1) is 8.92. The Hall–Kier alpha value is -0.860. The highest BCUT2D eigenvalue weighted by molar-refractivity contribution is 5.33. The van der Waals surface area contributed by atoms with Gasteiger partial charge in [0, 0.05) is 25.2 Å². The van der Waals surface area contributed by atoms with E-state index in [1.54, 1.807) is 11.1 Å². The van der Waals surface area contributed by atoms with Crippen LogP contribution in [0.1, 0.15) is 36.4 Å². The van der Waals surface area contributed by atoms with Crippen LogP contribution in [-0.2, 0) is 6.42 Å². The molecule has 0 aromatic heterocycles. The van der Waals surface area contributed by atoms with Gasteiger partial charge in [0.2, 0.25) is 0 Å². The normalized spacial score (nSPS) is 35.4. The molecule has 96 valence electrons. The minimum Gasteiger partial charge on any atom is -0.314 e. The van der Waals surface area contributed by atoms with Crippen molar-refractivity contribution >= 4 is 0 Å². The average Bonchev–Trinajstić information content (AvgIpc) is 2.45. The van der Waals surface area contributed by atoms with E-state index in [2.05, 4.69) is 34.5 Å². The van der Waals surface area contributed by atoms with Crippen LogP contribution in [0.4, 0.5) is 0 Å². The van der Waals surface area contributed by atoms with Gasteiger partial charge in [-0.1, -0.05) is 24.3 Å². The summed E-state index contributed by atoms with van der Waals surface area (Å²) in [6.07, 6.45) is 5.37. The molecule has 3 atom stereocenters. The molecule has 1 aromatic carbocycles. The Morgan fingerprint density at radius 3 is 3.17 bits per heavy atom. The number of nitrogens with one attached hydrogen (secondary N) is 1. The SMILES string of the molecule is c1ccc2c(c1)CCN1CC3CCCNC3CC21. The van der Waals surface area contributed by atoms with Crippen LogP contribution in [0.3, 0.4) is 0 Å². The van der Waals surface area contributed by atoms with Crippen molar-refractivity contribution in [3.05, 3.63) is 35.4 Å². The fourth-order valence-corrected chi connectivity index (χ4v) is 4.25. The minimum absolute atomic E-state index is 0.682. The molecule has 18 heavy (non-hydrogen) atoms. The standard InChI is InChI=1S/C16H22N2/c1-2-6-14-12(4-1)7-9-18-11-13-5-3-8-17-15(13)10-16(14)18/h1-2,4,6,13,15-17H,3,5,7-11H2. The highest BCUT2D eigenvalue weighted by Crippen LogP contribution is 2.40. The first-order valence-electron chi connectivity index (χ1n) is 7.47. The van der Waals surface area contributed by atoms with Gasteiger partial charge in [0.25, 0.3) is 0 Å². The second-order valence-corrected chi connectivity index (χ2v) is 6.16. The number of hydrogen-bond acceptors (Lipinski definition) is 2. The van der Waals surface area contributed by atoms with Gasteiger partial charge in [0.1, 0.15) is 0 Å². The van der Waals surface area contributed by atoms with Crippen molar-refractivity contribution in [2.45, 2.75) is 37.8 Å². The van der Waals surface area contributed by atoms with Crippen LogP contribution in [-0.4, -0.2) is 30.6 Å². The molecule has 1 N–H and O–H groups in total. The van der Waals surface area contributed by atoms with Crippen LogP contribution in [0.15, 0.2) is 24.3 Å². The molecule has 0 bridgehead atoms. The van der Waals surface area contributed by atoms with Crippen LogP contribution in [0.2, 0.25) is 0 Å². The van der Waals surface area contributed by atoms with Crippen molar-refractivity contribution in [2.75, 3.05) is 19.6 Å². The third-order valence-corrected chi connectivity index (χ3v) is 5.20. The van der Waals surface area contributed by atoms with Gasteiger partial charge in [-0.05, 0) is 49.3 Å². The predicted molar refractivity (Wildman–Crippen MR) is 73.6 cm³/mol. The third kappa shape index (κ3) is 1.70. The lowest BCUT2D eigenvalue weighted by Gasteiger charge is -2.49. The van der Waals surface area contributed by atoms with E-state index in [4.69, 9.17) is 0 Å². The number of piperidine rings is 2. The quantitative estimate of drug-likeness (QED) is 0.751. The van der Waals surface area contributed by atoms with Crippen molar-refractivity contribution in [2.24, 2.45) is 5.92 Å². The van der Waals surface area contributed by atoms with Crippen LogP contribution >= 0.6 is 0 Å². The maximum Gasteiger partial charge on any atom is 0.0366 e. The Labute approximate surface area is 109 Å². The number of rotatable bonds is 0. The van der Waals surface area contributed by atoms with Gasteiger partial charge < -0.3 is 5.32 Å². The number of benzene rings is 1. The molecule has 0 radical (unpaired) electrons. The van der Waals surface area contributed by atoms with Crippen molar-refractivity contribution in [3.63, 3.8) is 0 Å². The van der Waals surface area contributed by atoms with Crippen LogP contribution in [0.25, 0.3) is 0 Å². The largest absolute Gasteiger partial charge is 0.314 e. The summed E-state index contributed by atoms with van der Waals surface area (Å²) in [7, 11) is 0. The molecular weight excluding hydrogens is 220 g/mol. The first kappa shape index (κ1) is 11.0. The summed E-state index contributed by atoms with van der Waals surface area (Å²) in [6, 6.07) is 10.5. The zero-order valence-corrected chi connectivity index (χ0v) is 10.9. The Morgan fingerprint density at radius 2 is 2.17 bits per heavy atom. The Morgan fingerprint density at radius 1 is 1.22 bits per heavy atom. The molecule has 3 unspecified atom stereocenters. The zero-order valence-electron chi connectivity index (χ0n) is 10.9. The molecule has 3 aliphatic rings. The predicted octanol–water partition coefficient (Wildman–Crippen LogP) is 2.36. The zero-order chi connectivity index (χ0) is 11.9. The van der Waals surface area contributed by atoms with Crippen LogP contribution in [0.5, 0.6) is 0 Å². The van der Waals surface area contributed by atoms with Crippen molar-refractivity contribution in [1.82, 2.24) is 10.2 Å². The molecule has 2 heteroatoms. The fourth-order valence-electron chi connectivity index (χ4n) is 4.25. The van der Waals surface area contributed by atoms with Crippen molar-refractivity contribution < 1.29 is 0 Å². The molecule has 2 nitrogen and oxygen atoms in total. The second-order valence-electron chi connectivity index (χ2n) is 6.16. The highest BCUT2D eigenvalue weighted by Gasteiger charge is 2.39. The summed E-state index contributed by atoms with van der Waals surface area (Å²) in [5.74, 6) is 0.903. The van der Waals surface area contributed by atoms with E-state index in [0.29, 0.717) is 6.04 Å². The highest BCUT2D eigenvalue weighted by atomic mass is 15.2. The summed E-state index contributed by atoms with van der Waals surface area (Å²) < 4.78 is 0. The molecule has 4 rings (SSSR count). The van der Waals surface area contributed by atoms with E-state index < -0.39 is 0 Å². The van der Waals surface area contributed by atoms with E-state index in [9.17, 15) is 0 Å². The molecule has 0 aliphatic carbocycles. The Bertz CT molecular complexity index is 442. The second kappa shape index (κ2) is 4.36. The van der Waals surface area contributed by atoms with Gasteiger partial charge in [-0.3, -0.25) is 4.90 Å². The monoisotopic (exact) mass is 242 g/mol. The maximum atomic E-state index is 3.76. The molecule has 0 saturated carbocycles. The van der Waals surface area contributed by atoms with Crippen LogP contribution < -0.4 is 5.32 Å². The summed E-state index contributed by atoms with van der Waals surface area (Å²) in [5, 5.41) is 3.76. The van der Waals surface area contributed by atoms with Gasteiger partial charge in [0.05, 0.1) is 0 Å². The van der Waals surface area contributed by atoms with Gasteiger partial charge >= 0.3 is 0 Å². The lowest BCUT2D eigenvalue weighted by molar-refractivity contribution is 0.0552. The molecule has 0 spiro atoms. The average molecular weight is 242 g/mol. The Balaban J connectivity index is 1.64. The summed E-state index contributed by atoms with van der Waals surface area (Å²) >= 11 is 0. The van der Waals surface area contributed by atoms with Crippen molar-refractivity contribution in [3.8, 4) is 0 Å². The maximum absolute atomic E-state index is 3.76. The molecule has 1 aromatic rings. The van der Waals surface area contributed by atoms with E-state index >= 15 is 0 Å². The summed E-state index contributed by atoms with van der Waals surface area (Å²) in [4.78, 5) is 2.75. The minimum atomic E-state index is 0.682. The number of nitrogens with zero attached hydrogens (tertiary/aromatic N) is 1. The van der Waals surface area contributed by atoms with E-state index in [1.807, 2.05) is 0 Å². The topological polar surface area (TPSA) is 15.3 Å². The smallest absolute Gasteiger partial charge is 0.0366 e. The van der Waals surface area contributed by atoms with Crippen LogP contribution in [0, 0.1) is 5.92 Å². The molecule has 3 aliphatic heterocycles. The van der Waals surface area contributed by atoms with Gasteiger partial charge in [-0.15, -0.1) is 0 Å². The van der Waals surface area contributed by atoms with E-state index in [1.165, 1.54) is 45.3 Å².